The highest BCUT2D eigenvalue weighted by Crippen LogP contribution is 2.40. The van der Waals surface area contributed by atoms with Crippen LogP contribution in [0.1, 0.15) is 47.8 Å². The van der Waals surface area contributed by atoms with Gasteiger partial charge >= 0.3 is 0 Å². The fraction of sp³-hybridized carbons (Fsp3) is 0.318. The number of rotatable bonds is 1. The second-order valence-corrected chi connectivity index (χ2v) is 7.84. The average molecular weight is 349 g/mol. The minimum Gasteiger partial charge on any atom is -0.454 e. The molecule has 4 heteroatoms. The van der Waals surface area contributed by atoms with Crippen molar-refractivity contribution >= 4 is 11.6 Å². The van der Waals surface area contributed by atoms with Crippen LogP contribution >= 0.6 is 0 Å². The van der Waals surface area contributed by atoms with Gasteiger partial charge in [0.1, 0.15) is 0 Å². The Morgan fingerprint density at radius 1 is 1.08 bits per heavy atom. The Morgan fingerprint density at radius 2 is 1.73 bits per heavy atom. The highest BCUT2D eigenvalue weighted by atomic mass is 16.7. The van der Waals surface area contributed by atoms with Crippen LogP contribution in [0.15, 0.2) is 43.0 Å². The molecule has 0 aliphatic carbocycles. The van der Waals surface area contributed by atoms with E-state index in [2.05, 4.69) is 27.4 Å². The maximum atomic E-state index is 13.0. The van der Waals surface area contributed by atoms with Gasteiger partial charge in [-0.3, -0.25) is 4.79 Å². The molecule has 0 unspecified atom stereocenters. The van der Waals surface area contributed by atoms with Crippen molar-refractivity contribution in [2.24, 2.45) is 0 Å². The molecule has 0 bridgehead atoms. The molecule has 2 aliphatic rings. The van der Waals surface area contributed by atoms with Crippen molar-refractivity contribution in [2.75, 3.05) is 13.3 Å². The molecular weight excluding hydrogens is 326 g/mol. The number of carbonyl (C=O) groups excluding carboxylic acids is 1. The summed E-state index contributed by atoms with van der Waals surface area (Å²) in [6, 6.07) is 11.8. The van der Waals surface area contributed by atoms with E-state index < -0.39 is 0 Å². The molecule has 0 radical (unpaired) electrons. The molecule has 2 aliphatic heterocycles. The summed E-state index contributed by atoms with van der Waals surface area (Å²) in [5, 5.41) is 0. The van der Waals surface area contributed by atoms with Gasteiger partial charge in [0, 0.05) is 23.4 Å². The van der Waals surface area contributed by atoms with Gasteiger partial charge in [-0.25, -0.2) is 0 Å². The van der Waals surface area contributed by atoms with Crippen LogP contribution in [0.25, 0.3) is 5.70 Å². The van der Waals surface area contributed by atoms with Crippen LogP contribution in [-0.2, 0) is 11.8 Å². The van der Waals surface area contributed by atoms with Crippen molar-refractivity contribution in [1.29, 1.82) is 0 Å². The Morgan fingerprint density at radius 3 is 2.38 bits per heavy atom. The average Bonchev–Trinajstić information content (AvgIpc) is 3.07. The predicted octanol–water partition coefficient (Wildman–Crippen LogP) is 4.38. The van der Waals surface area contributed by atoms with Crippen molar-refractivity contribution in [3.63, 3.8) is 0 Å². The zero-order valence-electron chi connectivity index (χ0n) is 15.5. The number of fused-ring (bicyclic) bond motifs is 2. The minimum atomic E-state index is -0.0150. The van der Waals surface area contributed by atoms with Gasteiger partial charge in [-0.2, -0.15) is 0 Å². The molecule has 2 aromatic carbocycles. The molecule has 26 heavy (non-hydrogen) atoms. The molecular formula is C22H23NO3. The third-order valence-corrected chi connectivity index (χ3v) is 5.08. The second kappa shape index (κ2) is 5.90. The van der Waals surface area contributed by atoms with Gasteiger partial charge in [-0.05, 0) is 47.2 Å². The van der Waals surface area contributed by atoms with Crippen molar-refractivity contribution in [1.82, 2.24) is 4.90 Å². The zero-order valence-corrected chi connectivity index (χ0v) is 15.5. The molecule has 0 aromatic heterocycles. The van der Waals surface area contributed by atoms with Crippen molar-refractivity contribution in [3.8, 4) is 11.5 Å². The summed E-state index contributed by atoms with van der Waals surface area (Å²) in [7, 11) is 0. The number of hydrogen-bond donors (Lipinski definition) is 0. The summed E-state index contributed by atoms with van der Waals surface area (Å²) in [5.41, 5.74) is 4.78. The maximum absolute atomic E-state index is 13.0. The highest BCUT2D eigenvalue weighted by molar-refractivity contribution is 6.00. The first kappa shape index (κ1) is 16.7. The van der Waals surface area contributed by atoms with Crippen LogP contribution in [0.5, 0.6) is 11.5 Å². The molecule has 0 fully saturated rings. The van der Waals surface area contributed by atoms with Gasteiger partial charge in [-0.15, -0.1) is 0 Å². The first-order valence-electron chi connectivity index (χ1n) is 8.89. The number of nitrogens with zero attached hydrogens (tertiary/aromatic N) is 1. The van der Waals surface area contributed by atoms with E-state index in [1.165, 1.54) is 5.56 Å². The van der Waals surface area contributed by atoms with E-state index in [1.807, 2.05) is 36.4 Å². The van der Waals surface area contributed by atoms with E-state index in [4.69, 9.17) is 9.47 Å². The van der Waals surface area contributed by atoms with Crippen molar-refractivity contribution in [2.45, 2.75) is 32.6 Å². The quantitative estimate of drug-likeness (QED) is 0.767. The Balaban J connectivity index is 1.61. The summed E-state index contributed by atoms with van der Waals surface area (Å²) in [6.45, 7) is 11.5. The predicted molar refractivity (Wildman–Crippen MR) is 101 cm³/mol. The Kier molecular flexibility index (Phi) is 3.79. The SMILES string of the molecule is C=C1c2cc3c(cc2CCN1C(=O)c1ccc(C(C)(C)C)cc1)OCO3. The monoisotopic (exact) mass is 349 g/mol. The number of hydrogen-bond acceptors (Lipinski definition) is 3. The van der Waals surface area contributed by atoms with Gasteiger partial charge in [0.15, 0.2) is 11.5 Å². The standard InChI is InChI=1S/C22H23NO3/c1-14-18-12-20-19(25-13-26-20)11-16(18)9-10-23(14)21(24)15-5-7-17(8-6-15)22(2,3)4/h5-8,11-12H,1,9-10,13H2,2-4H3. The lowest BCUT2D eigenvalue weighted by Gasteiger charge is -2.31. The molecule has 0 saturated carbocycles. The molecule has 2 aromatic rings. The van der Waals surface area contributed by atoms with Crippen LogP contribution in [0, 0.1) is 0 Å². The van der Waals surface area contributed by atoms with E-state index in [0.717, 1.165) is 29.0 Å². The Labute approximate surface area is 154 Å². The summed E-state index contributed by atoms with van der Waals surface area (Å²) < 4.78 is 10.9. The van der Waals surface area contributed by atoms with Crippen molar-refractivity contribution in [3.05, 3.63) is 65.2 Å². The van der Waals surface area contributed by atoms with Gasteiger partial charge in [-0.1, -0.05) is 39.5 Å². The Hall–Kier alpha value is -2.75. The molecule has 134 valence electrons. The third-order valence-electron chi connectivity index (χ3n) is 5.08. The second-order valence-electron chi connectivity index (χ2n) is 7.84. The first-order chi connectivity index (χ1) is 12.3. The van der Waals surface area contributed by atoms with Gasteiger partial charge < -0.3 is 14.4 Å². The van der Waals surface area contributed by atoms with Crippen LogP contribution in [-0.4, -0.2) is 24.1 Å². The van der Waals surface area contributed by atoms with Gasteiger partial charge in [0.2, 0.25) is 6.79 Å². The summed E-state index contributed by atoms with van der Waals surface area (Å²) in [5.74, 6) is 1.47. The van der Waals surface area contributed by atoms with Gasteiger partial charge in [0.05, 0.1) is 0 Å². The van der Waals surface area contributed by atoms with E-state index in [-0.39, 0.29) is 18.1 Å². The van der Waals surface area contributed by atoms with E-state index in [1.54, 1.807) is 4.90 Å². The van der Waals surface area contributed by atoms with Crippen molar-refractivity contribution < 1.29 is 14.3 Å². The van der Waals surface area contributed by atoms with Crippen LogP contribution in [0.2, 0.25) is 0 Å². The van der Waals surface area contributed by atoms with E-state index in [9.17, 15) is 4.79 Å². The summed E-state index contributed by atoms with van der Waals surface area (Å²) >= 11 is 0. The topological polar surface area (TPSA) is 38.8 Å². The molecule has 0 atom stereocenters. The molecule has 4 nitrogen and oxygen atoms in total. The molecule has 1 amide bonds. The smallest absolute Gasteiger partial charge is 0.258 e. The third kappa shape index (κ3) is 2.75. The summed E-state index contributed by atoms with van der Waals surface area (Å²) in [4.78, 5) is 14.8. The largest absolute Gasteiger partial charge is 0.454 e. The number of carbonyl (C=O) groups is 1. The molecule has 0 N–H and O–H groups in total. The normalized spacial score (nSPS) is 15.8. The minimum absolute atomic E-state index is 0.0150. The summed E-state index contributed by atoms with van der Waals surface area (Å²) in [6.07, 6.45) is 0.775. The Bertz CT molecular complexity index is 891. The van der Waals surface area contributed by atoms with Crippen LogP contribution < -0.4 is 9.47 Å². The highest BCUT2D eigenvalue weighted by Gasteiger charge is 2.28. The molecule has 0 saturated heterocycles. The van der Waals surface area contributed by atoms with Crippen LogP contribution in [0.4, 0.5) is 0 Å². The van der Waals surface area contributed by atoms with Crippen LogP contribution in [0.3, 0.4) is 0 Å². The zero-order chi connectivity index (χ0) is 18.5. The first-order valence-corrected chi connectivity index (χ1v) is 8.89. The fourth-order valence-corrected chi connectivity index (χ4v) is 3.46. The van der Waals surface area contributed by atoms with E-state index >= 15 is 0 Å². The molecule has 0 spiro atoms. The maximum Gasteiger partial charge on any atom is 0.258 e. The lowest BCUT2D eigenvalue weighted by molar-refractivity contribution is 0.0833. The van der Waals surface area contributed by atoms with E-state index in [0.29, 0.717) is 17.9 Å². The number of ether oxygens (including phenoxy) is 2. The lowest BCUT2D eigenvalue weighted by atomic mass is 9.86. The number of amides is 1. The lowest BCUT2D eigenvalue weighted by Crippen LogP contribution is -2.34. The van der Waals surface area contributed by atoms with Gasteiger partial charge in [0.25, 0.3) is 5.91 Å². The number of benzene rings is 2. The molecule has 2 heterocycles. The fourth-order valence-electron chi connectivity index (χ4n) is 3.46. The molecule has 4 rings (SSSR count).